The third-order valence-corrected chi connectivity index (χ3v) is 3.75. The number of nitrogens with zero attached hydrogens (tertiary/aromatic N) is 4. The van der Waals surface area contributed by atoms with Gasteiger partial charge < -0.3 is 10.1 Å². The van der Waals surface area contributed by atoms with Crippen LogP contribution in [-0.2, 0) is 4.74 Å². The van der Waals surface area contributed by atoms with Crippen molar-refractivity contribution in [1.82, 2.24) is 19.7 Å². The summed E-state index contributed by atoms with van der Waals surface area (Å²) in [4.78, 5) is 20.7. The van der Waals surface area contributed by atoms with E-state index in [0.29, 0.717) is 29.6 Å². The molecular weight excluding hydrogens is 330 g/mol. The number of carbonyl (C=O) groups is 1. The molecule has 3 rings (SSSR count). The highest BCUT2D eigenvalue weighted by Gasteiger charge is 2.15. The summed E-state index contributed by atoms with van der Waals surface area (Å²) in [6.07, 6.45) is 3.27. The largest absolute Gasteiger partial charge is 0.462 e. The highest BCUT2D eigenvalue weighted by atomic mass is 16.5. The molecule has 26 heavy (non-hydrogen) atoms. The number of hydrogen-bond acceptors (Lipinski definition) is 6. The Labute approximate surface area is 152 Å². The first-order valence-corrected chi connectivity index (χ1v) is 8.38. The van der Waals surface area contributed by atoms with Crippen LogP contribution in [0.2, 0.25) is 0 Å². The van der Waals surface area contributed by atoms with Gasteiger partial charge in [0.15, 0.2) is 5.82 Å². The predicted molar refractivity (Wildman–Crippen MR) is 99.0 cm³/mol. The van der Waals surface area contributed by atoms with Gasteiger partial charge in [0.1, 0.15) is 5.56 Å². The van der Waals surface area contributed by atoms with E-state index in [2.05, 4.69) is 26.4 Å². The highest BCUT2D eigenvalue weighted by molar-refractivity contribution is 5.90. The smallest absolute Gasteiger partial charge is 0.341 e. The first kappa shape index (κ1) is 17.6. The van der Waals surface area contributed by atoms with E-state index in [-0.39, 0.29) is 5.97 Å². The lowest BCUT2D eigenvalue weighted by Gasteiger charge is -2.08. The number of benzene rings is 1. The fraction of sp³-hybridized carbons (Fsp3) is 0.263. The summed E-state index contributed by atoms with van der Waals surface area (Å²) >= 11 is 0. The van der Waals surface area contributed by atoms with Gasteiger partial charge in [-0.25, -0.2) is 14.5 Å². The SMILES string of the molecule is CCOC(=O)c1cn(-c2ccnc(Nc3cc(C)cc(C)c3)n2)nc1C. The second-order valence-corrected chi connectivity index (χ2v) is 6.03. The van der Waals surface area contributed by atoms with E-state index in [4.69, 9.17) is 4.74 Å². The Morgan fingerprint density at radius 1 is 1.19 bits per heavy atom. The lowest BCUT2D eigenvalue weighted by molar-refractivity contribution is 0.0525. The number of nitrogens with one attached hydrogen (secondary N) is 1. The maximum atomic E-state index is 12.0. The average molecular weight is 351 g/mol. The van der Waals surface area contributed by atoms with Crippen molar-refractivity contribution >= 4 is 17.6 Å². The summed E-state index contributed by atoms with van der Waals surface area (Å²) in [7, 11) is 0. The molecule has 2 heterocycles. The van der Waals surface area contributed by atoms with Gasteiger partial charge in [-0.15, -0.1) is 0 Å². The number of anilines is 2. The molecule has 0 aliphatic rings. The maximum Gasteiger partial charge on any atom is 0.341 e. The van der Waals surface area contributed by atoms with Crippen LogP contribution in [0.5, 0.6) is 0 Å². The zero-order valence-electron chi connectivity index (χ0n) is 15.3. The number of hydrogen-bond donors (Lipinski definition) is 1. The summed E-state index contributed by atoms with van der Waals surface area (Å²) < 4.78 is 6.60. The molecule has 7 nitrogen and oxygen atoms in total. The standard InChI is InChI=1S/C19H21N5O2/c1-5-26-18(25)16-11-24(23-14(16)4)17-6-7-20-19(22-17)21-15-9-12(2)8-13(3)10-15/h6-11H,5H2,1-4H3,(H,20,21,22). The van der Waals surface area contributed by atoms with Crippen molar-refractivity contribution in [2.75, 3.05) is 11.9 Å². The Morgan fingerprint density at radius 3 is 2.62 bits per heavy atom. The van der Waals surface area contributed by atoms with E-state index in [1.54, 1.807) is 37.0 Å². The molecule has 0 atom stereocenters. The van der Waals surface area contributed by atoms with E-state index >= 15 is 0 Å². The Morgan fingerprint density at radius 2 is 1.92 bits per heavy atom. The number of rotatable bonds is 5. The van der Waals surface area contributed by atoms with Gasteiger partial charge in [0, 0.05) is 24.1 Å². The summed E-state index contributed by atoms with van der Waals surface area (Å²) in [6.45, 7) is 7.93. The number of carbonyl (C=O) groups excluding carboxylic acids is 1. The van der Waals surface area contributed by atoms with Crippen LogP contribution < -0.4 is 5.32 Å². The summed E-state index contributed by atoms with van der Waals surface area (Å²) in [5.41, 5.74) is 4.25. The van der Waals surface area contributed by atoms with Crippen molar-refractivity contribution in [2.45, 2.75) is 27.7 Å². The van der Waals surface area contributed by atoms with Crippen molar-refractivity contribution in [3.8, 4) is 5.82 Å². The Kier molecular flexibility index (Phi) is 4.97. The summed E-state index contributed by atoms with van der Waals surface area (Å²) in [5, 5.41) is 7.56. The first-order chi connectivity index (χ1) is 12.5. The predicted octanol–water partition coefficient (Wildman–Crippen LogP) is 3.51. The quantitative estimate of drug-likeness (QED) is 0.709. The van der Waals surface area contributed by atoms with Crippen LogP contribution in [0, 0.1) is 20.8 Å². The van der Waals surface area contributed by atoms with Crippen LogP contribution in [0.1, 0.15) is 34.1 Å². The average Bonchev–Trinajstić information content (AvgIpc) is 2.96. The summed E-state index contributed by atoms with van der Waals surface area (Å²) in [5.74, 6) is 0.628. The van der Waals surface area contributed by atoms with Gasteiger partial charge in [0.25, 0.3) is 0 Å². The molecule has 3 aromatic rings. The van der Waals surface area contributed by atoms with Crippen molar-refractivity contribution in [2.24, 2.45) is 0 Å². The maximum absolute atomic E-state index is 12.0. The first-order valence-electron chi connectivity index (χ1n) is 8.38. The topological polar surface area (TPSA) is 81.9 Å². The highest BCUT2D eigenvalue weighted by Crippen LogP contribution is 2.18. The van der Waals surface area contributed by atoms with E-state index in [9.17, 15) is 4.79 Å². The van der Waals surface area contributed by atoms with Gasteiger partial charge in [0.05, 0.1) is 12.3 Å². The molecule has 0 saturated carbocycles. The van der Waals surface area contributed by atoms with Gasteiger partial charge in [-0.05, 0) is 51.0 Å². The van der Waals surface area contributed by atoms with Gasteiger partial charge in [-0.2, -0.15) is 10.1 Å². The van der Waals surface area contributed by atoms with E-state index in [1.165, 1.54) is 0 Å². The number of aryl methyl sites for hydroxylation is 3. The minimum Gasteiger partial charge on any atom is -0.462 e. The Hall–Kier alpha value is -3.22. The van der Waals surface area contributed by atoms with Crippen LogP contribution in [0.15, 0.2) is 36.7 Å². The minimum atomic E-state index is -0.390. The van der Waals surface area contributed by atoms with Crippen LogP contribution in [0.25, 0.3) is 5.82 Å². The van der Waals surface area contributed by atoms with Gasteiger partial charge in [-0.1, -0.05) is 6.07 Å². The van der Waals surface area contributed by atoms with Crippen molar-refractivity contribution in [3.05, 3.63) is 59.0 Å². The van der Waals surface area contributed by atoms with E-state index < -0.39 is 0 Å². The molecule has 0 aliphatic heterocycles. The fourth-order valence-electron chi connectivity index (χ4n) is 2.70. The molecule has 134 valence electrons. The monoisotopic (exact) mass is 351 g/mol. The molecular formula is C19H21N5O2. The van der Waals surface area contributed by atoms with Crippen molar-refractivity contribution < 1.29 is 9.53 Å². The number of aromatic nitrogens is 4. The third kappa shape index (κ3) is 3.88. The Balaban J connectivity index is 1.88. The molecule has 2 aromatic heterocycles. The van der Waals surface area contributed by atoms with Crippen LogP contribution in [0.3, 0.4) is 0 Å². The summed E-state index contributed by atoms with van der Waals surface area (Å²) in [6, 6.07) is 7.89. The molecule has 0 aliphatic carbocycles. The van der Waals surface area contributed by atoms with Crippen molar-refractivity contribution in [1.29, 1.82) is 0 Å². The van der Waals surface area contributed by atoms with Gasteiger partial charge in [-0.3, -0.25) is 0 Å². The zero-order valence-corrected chi connectivity index (χ0v) is 15.3. The molecule has 0 bridgehead atoms. The number of esters is 1. The van der Waals surface area contributed by atoms with Crippen LogP contribution in [-0.4, -0.2) is 32.3 Å². The van der Waals surface area contributed by atoms with E-state index in [0.717, 1.165) is 16.8 Å². The van der Waals surface area contributed by atoms with Crippen molar-refractivity contribution in [3.63, 3.8) is 0 Å². The molecule has 0 unspecified atom stereocenters. The van der Waals surface area contributed by atoms with Gasteiger partial charge >= 0.3 is 5.97 Å². The molecule has 1 aromatic carbocycles. The normalized spacial score (nSPS) is 10.6. The Bertz CT molecular complexity index is 929. The third-order valence-electron chi connectivity index (χ3n) is 3.75. The lowest BCUT2D eigenvalue weighted by atomic mass is 10.1. The molecule has 0 spiro atoms. The second-order valence-electron chi connectivity index (χ2n) is 6.03. The fourth-order valence-corrected chi connectivity index (χ4v) is 2.70. The second kappa shape index (κ2) is 7.35. The molecule has 0 radical (unpaired) electrons. The molecule has 1 N–H and O–H groups in total. The molecule has 0 amide bonds. The molecule has 7 heteroatoms. The van der Waals surface area contributed by atoms with Crippen LogP contribution >= 0.6 is 0 Å². The zero-order chi connectivity index (χ0) is 18.7. The number of ether oxygens (including phenoxy) is 1. The van der Waals surface area contributed by atoms with Crippen LogP contribution in [0.4, 0.5) is 11.6 Å². The van der Waals surface area contributed by atoms with Gasteiger partial charge in [0.2, 0.25) is 5.95 Å². The lowest BCUT2D eigenvalue weighted by Crippen LogP contribution is -2.05. The molecule has 0 fully saturated rings. The van der Waals surface area contributed by atoms with E-state index in [1.807, 2.05) is 26.0 Å². The minimum absolute atomic E-state index is 0.320. The molecule has 0 saturated heterocycles.